The maximum absolute atomic E-state index is 13.0. The van der Waals surface area contributed by atoms with Gasteiger partial charge < -0.3 is 5.32 Å². The molecular formula is C16H13BrFNO. The summed E-state index contributed by atoms with van der Waals surface area (Å²) in [4.78, 5) is 12.3. The Morgan fingerprint density at radius 1 is 1.15 bits per heavy atom. The number of benzene rings is 2. The number of hydrogen-bond acceptors (Lipinski definition) is 1. The third kappa shape index (κ3) is 2.61. The van der Waals surface area contributed by atoms with Gasteiger partial charge in [0, 0.05) is 10.4 Å². The Hall–Kier alpha value is -1.68. The second-order valence-electron chi connectivity index (χ2n) is 4.99. The lowest BCUT2D eigenvalue weighted by Gasteiger charge is -2.11. The highest BCUT2D eigenvalue weighted by molar-refractivity contribution is 9.10. The Balaban J connectivity index is 1.72. The summed E-state index contributed by atoms with van der Waals surface area (Å²) in [7, 11) is 0. The molecule has 4 heteroatoms. The SMILES string of the molecule is O=C(Nc1ccc(F)cc1Br)C1Cc2ccccc2C1. The zero-order valence-corrected chi connectivity index (χ0v) is 12.3. The number of amides is 1. The van der Waals surface area contributed by atoms with E-state index in [4.69, 9.17) is 0 Å². The van der Waals surface area contributed by atoms with E-state index in [2.05, 4.69) is 33.4 Å². The molecule has 3 rings (SSSR count). The number of carbonyl (C=O) groups is 1. The zero-order valence-electron chi connectivity index (χ0n) is 10.7. The lowest BCUT2D eigenvalue weighted by atomic mass is 10.1. The monoisotopic (exact) mass is 333 g/mol. The minimum absolute atomic E-state index is 0.0199. The highest BCUT2D eigenvalue weighted by atomic mass is 79.9. The van der Waals surface area contributed by atoms with Gasteiger partial charge in [0.15, 0.2) is 0 Å². The van der Waals surface area contributed by atoms with E-state index < -0.39 is 0 Å². The number of carbonyl (C=O) groups excluding carboxylic acids is 1. The first-order chi connectivity index (χ1) is 9.63. The fourth-order valence-electron chi connectivity index (χ4n) is 2.57. The van der Waals surface area contributed by atoms with Crippen molar-refractivity contribution in [1.29, 1.82) is 0 Å². The fraction of sp³-hybridized carbons (Fsp3) is 0.188. The first-order valence-corrected chi connectivity index (χ1v) is 7.25. The van der Waals surface area contributed by atoms with Crippen LogP contribution in [0.1, 0.15) is 11.1 Å². The molecule has 1 aliphatic carbocycles. The maximum atomic E-state index is 13.0. The van der Waals surface area contributed by atoms with E-state index in [-0.39, 0.29) is 17.6 Å². The zero-order chi connectivity index (χ0) is 14.1. The normalized spacial score (nSPS) is 14.1. The van der Waals surface area contributed by atoms with Gasteiger partial charge in [-0.1, -0.05) is 24.3 Å². The van der Waals surface area contributed by atoms with Gasteiger partial charge in [-0.15, -0.1) is 0 Å². The number of nitrogens with one attached hydrogen (secondary N) is 1. The van der Waals surface area contributed by atoms with Crippen LogP contribution in [0.15, 0.2) is 46.9 Å². The molecule has 0 radical (unpaired) electrons. The van der Waals surface area contributed by atoms with Gasteiger partial charge in [-0.3, -0.25) is 4.79 Å². The summed E-state index contributed by atoms with van der Waals surface area (Å²) in [5, 5.41) is 2.86. The first kappa shape index (κ1) is 13.3. The summed E-state index contributed by atoms with van der Waals surface area (Å²) < 4.78 is 13.6. The largest absolute Gasteiger partial charge is 0.325 e. The maximum Gasteiger partial charge on any atom is 0.228 e. The van der Waals surface area contributed by atoms with Gasteiger partial charge in [-0.2, -0.15) is 0 Å². The van der Waals surface area contributed by atoms with E-state index in [0.717, 1.165) is 12.8 Å². The van der Waals surface area contributed by atoms with E-state index in [0.29, 0.717) is 10.2 Å². The molecule has 1 aliphatic rings. The van der Waals surface area contributed by atoms with E-state index in [1.165, 1.54) is 23.3 Å². The Kier molecular flexibility index (Phi) is 3.57. The average Bonchev–Trinajstić information content (AvgIpc) is 2.86. The Morgan fingerprint density at radius 2 is 1.80 bits per heavy atom. The van der Waals surface area contributed by atoms with Crippen molar-refractivity contribution in [2.45, 2.75) is 12.8 Å². The average molecular weight is 334 g/mol. The van der Waals surface area contributed by atoms with Crippen molar-refractivity contribution in [2.24, 2.45) is 5.92 Å². The molecule has 20 heavy (non-hydrogen) atoms. The van der Waals surface area contributed by atoms with Crippen LogP contribution < -0.4 is 5.32 Å². The topological polar surface area (TPSA) is 29.1 Å². The smallest absolute Gasteiger partial charge is 0.228 e. The van der Waals surface area contributed by atoms with Gasteiger partial charge in [0.05, 0.1) is 5.69 Å². The third-order valence-electron chi connectivity index (χ3n) is 3.61. The van der Waals surface area contributed by atoms with Crippen molar-refractivity contribution in [3.8, 4) is 0 Å². The summed E-state index contributed by atoms with van der Waals surface area (Å²) >= 11 is 3.26. The van der Waals surface area contributed by atoms with Crippen molar-refractivity contribution in [3.05, 3.63) is 63.9 Å². The van der Waals surface area contributed by atoms with Crippen molar-refractivity contribution >= 4 is 27.5 Å². The second-order valence-corrected chi connectivity index (χ2v) is 5.84. The van der Waals surface area contributed by atoms with Crippen LogP contribution in [-0.2, 0) is 17.6 Å². The standard InChI is InChI=1S/C16H13BrFNO/c17-14-9-13(18)5-6-15(14)19-16(20)12-7-10-3-1-2-4-11(10)8-12/h1-6,9,12H,7-8H2,(H,19,20). The minimum atomic E-state index is -0.330. The quantitative estimate of drug-likeness (QED) is 0.886. The van der Waals surface area contributed by atoms with Crippen LogP contribution in [-0.4, -0.2) is 5.91 Å². The van der Waals surface area contributed by atoms with Crippen molar-refractivity contribution in [3.63, 3.8) is 0 Å². The van der Waals surface area contributed by atoms with Gasteiger partial charge in [0.1, 0.15) is 5.82 Å². The van der Waals surface area contributed by atoms with Gasteiger partial charge in [0.2, 0.25) is 5.91 Å². The van der Waals surface area contributed by atoms with Gasteiger partial charge in [-0.25, -0.2) is 4.39 Å². The molecule has 0 aromatic heterocycles. The van der Waals surface area contributed by atoms with Crippen molar-refractivity contribution in [1.82, 2.24) is 0 Å². The highest BCUT2D eigenvalue weighted by Gasteiger charge is 2.27. The number of rotatable bonds is 2. The molecule has 0 saturated heterocycles. The van der Waals surface area contributed by atoms with Gasteiger partial charge >= 0.3 is 0 Å². The molecule has 1 amide bonds. The van der Waals surface area contributed by atoms with Gasteiger partial charge in [-0.05, 0) is 58.1 Å². The van der Waals surface area contributed by atoms with E-state index >= 15 is 0 Å². The third-order valence-corrected chi connectivity index (χ3v) is 4.27. The van der Waals surface area contributed by atoms with Gasteiger partial charge in [0.25, 0.3) is 0 Å². The summed E-state index contributed by atoms with van der Waals surface area (Å²) in [5.41, 5.74) is 3.09. The predicted molar refractivity (Wildman–Crippen MR) is 80.1 cm³/mol. The molecule has 1 N–H and O–H groups in total. The van der Waals surface area contributed by atoms with Crippen LogP contribution >= 0.6 is 15.9 Å². The number of halogens is 2. The molecule has 0 atom stereocenters. The summed E-state index contributed by atoms with van der Waals surface area (Å²) in [6, 6.07) is 12.4. The Labute approximate surface area is 125 Å². The highest BCUT2D eigenvalue weighted by Crippen LogP contribution is 2.29. The molecule has 0 spiro atoms. The van der Waals surface area contributed by atoms with Crippen LogP contribution in [0.2, 0.25) is 0 Å². The molecule has 0 aliphatic heterocycles. The van der Waals surface area contributed by atoms with Crippen LogP contribution in [0.3, 0.4) is 0 Å². The number of fused-ring (bicyclic) bond motifs is 1. The molecule has 2 aromatic carbocycles. The Bertz CT molecular complexity index is 646. The predicted octanol–water partition coefficient (Wildman–Crippen LogP) is 3.94. The lowest BCUT2D eigenvalue weighted by molar-refractivity contribution is -0.119. The molecule has 2 aromatic rings. The van der Waals surface area contributed by atoms with Crippen LogP contribution in [0, 0.1) is 11.7 Å². The van der Waals surface area contributed by atoms with Crippen molar-refractivity contribution in [2.75, 3.05) is 5.32 Å². The first-order valence-electron chi connectivity index (χ1n) is 6.46. The fourth-order valence-corrected chi connectivity index (χ4v) is 3.02. The molecule has 0 saturated carbocycles. The summed E-state index contributed by atoms with van der Waals surface area (Å²) in [6.45, 7) is 0. The lowest BCUT2D eigenvalue weighted by Crippen LogP contribution is -2.23. The molecule has 2 nitrogen and oxygen atoms in total. The van der Waals surface area contributed by atoms with Crippen LogP contribution in [0.25, 0.3) is 0 Å². The van der Waals surface area contributed by atoms with E-state index in [9.17, 15) is 9.18 Å². The Morgan fingerprint density at radius 3 is 2.40 bits per heavy atom. The van der Waals surface area contributed by atoms with Crippen molar-refractivity contribution < 1.29 is 9.18 Å². The van der Waals surface area contributed by atoms with E-state index in [1.54, 1.807) is 6.07 Å². The van der Waals surface area contributed by atoms with Crippen LogP contribution in [0.4, 0.5) is 10.1 Å². The summed E-state index contributed by atoms with van der Waals surface area (Å²) in [6.07, 6.45) is 1.53. The molecule has 0 heterocycles. The molecule has 0 bridgehead atoms. The van der Waals surface area contributed by atoms with Crippen LogP contribution in [0.5, 0.6) is 0 Å². The molecule has 0 fully saturated rings. The second kappa shape index (κ2) is 5.37. The molecule has 102 valence electrons. The minimum Gasteiger partial charge on any atom is -0.325 e. The summed E-state index contributed by atoms with van der Waals surface area (Å²) in [5.74, 6) is -0.402. The molecule has 0 unspecified atom stereocenters. The number of anilines is 1. The van der Waals surface area contributed by atoms with E-state index in [1.807, 2.05) is 12.1 Å². The number of hydrogen-bond donors (Lipinski definition) is 1. The molecular weight excluding hydrogens is 321 g/mol.